The summed E-state index contributed by atoms with van der Waals surface area (Å²) in [6.45, 7) is 1.25. The molecular weight excluding hydrogens is 316 g/mol. The number of ketones is 1. The Kier molecular flexibility index (Phi) is 4.62. The first kappa shape index (κ1) is 15.6. The van der Waals surface area contributed by atoms with Crippen LogP contribution < -0.4 is 9.47 Å². The van der Waals surface area contributed by atoms with Crippen molar-refractivity contribution in [1.82, 2.24) is 0 Å². The summed E-state index contributed by atoms with van der Waals surface area (Å²) in [7, 11) is 0. The van der Waals surface area contributed by atoms with Crippen molar-refractivity contribution in [1.29, 1.82) is 0 Å². The number of hydrogen-bond donors (Lipinski definition) is 2. The SMILES string of the molecule is O=C(CSc1ccc2c(c1)OCCCO2)c1ccc(O)cc1O. The fourth-order valence-electron chi connectivity index (χ4n) is 2.22. The molecule has 120 valence electrons. The second-order valence-corrected chi connectivity index (χ2v) is 6.12. The Bertz CT molecular complexity index is 729. The van der Waals surface area contributed by atoms with E-state index in [-0.39, 0.29) is 28.6 Å². The molecule has 5 nitrogen and oxygen atoms in total. The van der Waals surface area contributed by atoms with Crippen molar-refractivity contribution < 1.29 is 24.5 Å². The number of aromatic hydroxyl groups is 2. The molecule has 0 aromatic heterocycles. The van der Waals surface area contributed by atoms with Crippen LogP contribution in [0.25, 0.3) is 0 Å². The largest absolute Gasteiger partial charge is 0.508 e. The fraction of sp³-hybridized carbons (Fsp3) is 0.235. The molecule has 1 aliphatic heterocycles. The summed E-state index contributed by atoms with van der Waals surface area (Å²) in [4.78, 5) is 13.1. The molecular formula is C17H16O5S. The molecule has 2 aromatic rings. The van der Waals surface area contributed by atoms with Crippen LogP contribution in [0.1, 0.15) is 16.8 Å². The van der Waals surface area contributed by atoms with Crippen molar-refractivity contribution in [2.24, 2.45) is 0 Å². The van der Waals surface area contributed by atoms with Crippen molar-refractivity contribution in [3.8, 4) is 23.0 Å². The van der Waals surface area contributed by atoms with Crippen LogP contribution in [0.15, 0.2) is 41.3 Å². The number of rotatable bonds is 4. The van der Waals surface area contributed by atoms with Crippen molar-refractivity contribution in [3.63, 3.8) is 0 Å². The molecule has 3 rings (SSSR count). The highest BCUT2D eigenvalue weighted by atomic mass is 32.2. The van der Waals surface area contributed by atoms with Gasteiger partial charge in [0.15, 0.2) is 17.3 Å². The zero-order chi connectivity index (χ0) is 16.2. The third kappa shape index (κ3) is 3.71. The average molecular weight is 332 g/mol. The Morgan fingerprint density at radius 3 is 2.61 bits per heavy atom. The molecule has 0 atom stereocenters. The number of carbonyl (C=O) groups excluding carboxylic acids is 1. The van der Waals surface area contributed by atoms with E-state index in [1.54, 1.807) is 0 Å². The van der Waals surface area contributed by atoms with Crippen LogP contribution in [0.2, 0.25) is 0 Å². The predicted octanol–water partition coefficient (Wildman–Crippen LogP) is 3.23. The predicted molar refractivity (Wildman–Crippen MR) is 86.9 cm³/mol. The lowest BCUT2D eigenvalue weighted by Gasteiger charge is -2.09. The molecule has 0 radical (unpaired) electrons. The standard InChI is InChI=1S/C17H16O5S/c18-11-2-4-13(14(19)8-11)15(20)10-23-12-3-5-16-17(9-12)22-7-1-6-21-16/h2-5,8-9,18-19H,1,6-7,10H2. The zero-order valence-electron chi connectivity index (χ0n) is 12.3. The zero-order valence-corrected chi connectivity index (χ0v) is 13.1. The van der Waals surface area contributed by atoms with Crippen molar-refractivity contribution in [2.45, 2.75) is 11.3 Å². The summed E-state index contributed by atoms with van der Waals surface area (Å²) >= 11 is 1.36. The number of benzene rings is 2. The van der Waals surface area contributed by atoms with Gasteiger partial charge in [-0.05, 0) is 30.3 Å². The highest BCUT2D eigenvalue weighted by Crippen LogP contribution is 2.34. The average Bonchev–Trinajstić information content (AvgIpc) is 2.77. The maximum Gasteiger partial charge on any atom is 0.176 e. The van der Waals surface area contributed by atoms with Crippen LogP contribution in [0.4, 0.5) is 0 Å². The van der Waals surface area contributed by atoms with Gasteiger partial charge in [0, 0.05) is 17.4 Å². The summed E-state index contributed by atoms with van der Waals surface area (Å²) in [6, 6.07) is 9.53. The van der Waals surface area contributed by atoms with Gasteiger partial charge in [0.1, 0.15) is 11.5 Å². The molecule has 0 amide bonds. The molecule has 1 heterocycles. The summed E-state index contributed by atoms with van der Waals surface area (Å²) in [6.07, 6.45) is 0.843. The number of phenolic OH excluding ortho intramolecular Hbond substituents is 2. The van der Waals surface area contributed by atoms with Crippen molar-refractivity contribution >= 4 is 17.5 Å². The van der Waals surface area contributed by atoms with Gasteiger partial charge in [0.2, 0.25) is 0 Å². The molecule has 6 heteroatoms. The van der Waals surface area contributed by atoms with E-state index in [4.69, 9.17) is 9.47 Å². The lowest BCUT2D eigenvalue weighted by molar-refractivity contribution is 0.102. The van der Waals surface area contributed by atoms with Crippen LogP contribution in [-0.4, -0.2) is 35.0 Å². The van der Waals surface area contributed by atoms with E-state index in [2.05, 4.69) is 0 Å². The van der Waals surface area contributed by atoms with Crippen LogP contribution >= 0.6 is 11.8 Å². The topological polar surface area (TPSA) is 76.0 Å². The molecule has 0 fully saturated rings. The van der Waals surface area contributed by atoms with Gasteiger partial charge in [0.05, 0.1) is 24.5 Å². The van der Waals surface area contributed by atoms with Crippen LogP contribution in [0.3, 0.4) is 0 Å². The molecule has 2 aromatic carbocycles. The van der Waals surface area contributed by atoms with Gasteiger partial charge >= 0.3 is 0 Å². The van der Waals surface area contributed by atoms with Gasteiger partial charge in [-0.2, -0.15) is 0 Å². The molecule has 23 heavy (non-hydrogen) atoms. The Morgan fingerprint density at radius 2 is 1.83 bits per heavy atom. The van der Waals surface area contributed by atoms with Gasteiger partial charge in [-0.3, -0.25) is 4.79 Å². The Balaban J connectivity index is 1.68. The molecule has 1 aliphatic rings. The van der Waals surface area contributed by atoms with E-state index < -0.39 is 0 Å². The van der Waals surface area contributed by atoms with E-state index in [1.165, 1.54) is 23.9 Å². The third-order valence-electron chi connectivity index (χ3n) is 3.37. The van der Waals surface area contributed by atoms with Crippen LogP contribution in [-0.2, 0) is 0 Å². The van der Waals surface area contributed by atoms with Crippen molar-refractivity contribution in [3.05, 3.63) is 42.0 Å². The van der Waals surface area contributed by atoms with E-state index in [1.807, 2.05) is 18.2 Å². The summed E-state index contributed by atoms with van der Waals surface area (Å²) in [5.41, 5.74) is 0.199. The van der Waals surface area contributed by atoms with Gasteiger partial charge in [-0.1, -0.05) is 0 Å². The highest BCUT2D eigenvalue weighted by Gasteiger charge is 2.14. The number of ether oxygens (including phenoxy) is 2. The number of Topliss-reactive ketones (excluding diaryl/α,β-unsaturated/α-hetero) is 1. The number of hydrogen-bond acceptors (Lipinski definition) is 6. The maximum atomic E-state index is 12.2. The van der Waals surface area contributed by atoms with Gasteiger partial charge in [0.25, 0.3) is 0 Å². The minimum Gasteiger partial charge on any atom is -0.508 e. The van der Waals surface area contributed by atoms with E-state index in [0.29, 0.717) is 24.7 Å². The van der Waals surface area contributed by atoms with Crippen molar-refractivity contribution in [2.75, 3.05) is 19.0 Å². The molecule has 0 saturated heterocycles. The summed E-state index contributed by atoms with van der Waals surface area (Å²) in [5.74, 6) is 1.09. The minimum absolute atomic E-state index is 0.0744. The monoisotopic (exact) mass is 332 g/mol. The summed E-state index contributed by atoms with van der Waals surface area (Å²) < 4.78 is 11.2. The fourth-order valence-corrected chi connectivity index (χ4v) is 3.02. The Morgan fingerprint density at radius 1 is 1.04 bits per heavy atom. The lowest BCUT2D eigenvalue weighted by atomic mass is 10.1. The number of thioether (sulfide) groups is 1. The van der Waals surface area contributed by atoms with Crippen LogP contribution in [0, 0.1) is 0 Å². The first-order valence-electron chi connectivity index (χ1n) is 7.21. The third-order valence-corrected chi connectivity index (χ3v) is 4.36. The smallest absolute Gasteiger partial charge is 0.176 e. The maximum absolute atomic E-state index is 12.2. The lowest BCUT2D eigenvalue weighted by Crippen LogP contribution is -2.02. The van der Waals surface area contributed by atoms with E-state index >= 15 is 0 Å². The van der Waals surface area contributed by atoms with Crippen LogP contribution in [0.5, 0.6) is 23.0 Å². The van der Waals surface area contributed by atoms with Gasteiger partial charge in [-0.25, -0.2) is 0 Å². The Labute approximate surface area is 137 Å². The molecule has 0 saturated carbocycles. The Hall–Kier alpha value is -2.34. The first-order valence-corrected chi connectivity index (χ1v) is 8.19. The van der Waals surface area contributed by atoms with Gasteiger partial charge < -0.3 is 19.7 Å². The van der Waals surface area contributed by atoms with E-state index in [9.17, 15) is 15.0 Å². The summed E-state index contributed by atoms with van der Waals surface area (Å²) in [5, 5.41) is 19.0. The molecule has 0 bridgehead atoms. The molecule has 2 N–H and O–H groups in total. The minimum atomic E-state index is -0.214. The second-order valence-electron chi connectivity index (χ2n) is 5.07. The molecule has 0 unspecified atom stereocenters. The van der Waals surface area contributed by atoms with E-state index in [0.717, 1.165) is 17.4 Å². The first-order chi connectivity index (χ1) is 11.1. The normalized spacial score (nSPS) is 13.4. The highest BCUT2D eigenvalue weighted by molar-refractivity contribution is 8.00. The molecule has 0 aliphatic carbocycles. The number of carbonyl (C=O) groups is 1. The number of fused-ring (bicyclic) bond motifs is 1. The molecule has 0 spiro atoms. The quantitative estimate of drug-likeness (QED) is 0.661. The number of phenols is 2. The van der Waals surface area contributed by atoms with Gasteiger partial charge in [-0.15, -0.1) is 11.8 Å². The second kappa shape index (κ2) is 6.83.